The number of thioether (sulfide) groups is 1. The van der Waals surface area contributed by atoms with Crippen molar-refractivity contribution >= 4 is 23.5 Å². The fraction of sp³-hybridized carbons (Fsp3) is 0.450. The van der Waals surface area contributed by atoms with Crippen LogP contribution in [0.5, 0.6) is 0 Å². The van der Waals surface area contributed by atoms with Crippen LogP contribution in [0.4, 0.5) is 5.82 Å². The Kier molecular flexibility index (Phi) is 7.31. The van der Waals surface area contributed by atoms with Crippen LogP contribution in [0.3, 0.4) is 0 Å². The molecule has 1 aliphatic heterocycles. The molecule has 6 heteroatoms. The zero-order valence-electron chi connectivity index (χ0n) is 15.1. The number of amides is 1. The maximum atomic E-state index is 12.0. The number of hydrogen-bond donors (Lipinski definition) is 1. The summed E-state index contributed by atoms with van der Waals surface area (Å²) in [5.41, 5.74) is 1.30. The molecule has 0 saturated carbocycles. The topological polar surface area (TPSA) is 58.1 Å². The van der Waals surface area contributed by atoms with Crippen LogP contribution in [0, 0.1) is 0 Å². The molecule has 0 radical (unpaired) electrons. The molecule has 1 fully saturated rings. The van der Waals surface area contributed by atoms with Gasteiger partial charge in [0.05, 0.1) is 5.75 Å². The zero-order valence-corrected chi connectivity index (χ0v) is 15.9. The summed E-state index contributed by atoms with van der Waals surface area (Å²) in [6, 6.07) is 12.3. The lowest BCUT2D eigenvalue weighted by Crippen LogP contribution is -2.30. The minimum Gasteiger partial charge on any atom is -0.356 e. The van der Waals surface area contributed by atoms with Crippen LogP contribution < -0.4 is 10.2 Å². The van der Waals surface area contributed by atoms with Crippen molar-refractivity contribution in [1.82, 2.24) is 15.3 Å². The summed E-state index contributed by atoms with van der Waals surface area (Å²) in [6.45, 7) is 2.81. The first-order valence-corrected chi connectivity index (χ1v) is 10.3. The Morgan fingerprint density at radius 2 is 1.92 bits per heavy atom. The van der Waals surface area contributed by atoms with Crippen LogP contribution in [-0.2, 0) is 11.2 Å². The molecule has 5 nitrogen and oxygen atoms in total. The molecular formula is C20H26N4OS. The van der Waals surface area contributed by atoms with Gasteiger partial charge in [-0.1, -0.05) is 42.1 Å². The third kappa shape index (κ3) is 6.02. The van der Waals surface area contributed by atoms with Gasteiger partial charge in [-0.2, -0.15) is 0 Å². The van der Waals surface area contributed by atoms with Gasteiger partial charge in [0, 0.05) is 25.8 Å². The Morgan fingerprint density at radius 3 is 2.73 bits per heavy atom. The summed E-state index contributed by atoms with van der Waals surface area (Å²) >= 11 is 1.40. The largest absolute Gasteiger partial charge is 0.356 e. The summed E-state index contributed by atoms with van der Waals surface area (Å²) in [6.07, 6.45) is 7.46. The molecule has 1 aliphatic rings. The Morgan fingerprint density at radius 1 is 1.12 bits per heavy atom. The van der Waals surface area contributed by atoms with E-state index in [9.17, 15) is 4.79 Å². The maximum Gasteiger partial charge on any atom is 0.230 e. The summed E-state index contributed by atoms with van der Waals surface area (Å²) in [5, 5.41) is 3.65. The highest BCUT2D eigenvalue weighted by atomic mass is 32.2. The summed E-state index contributed by atoms with van der Waals surface area (Å²) in [4.78, 5) is 23.2. The highest BCUT2D eigenvalue weighted by Crippen LogP contribution is 2.20. The molecule has 1 saturated heterocycles. The van der Waals surface area contributed by atoms with E-state index in [-0.39, 0.29) is 5.91 Å². The number of nitrogens with one attached hydrogen (secondary N) is 1. The van der Waals surface area contributed by atoms with E-state index < -0.39 is 0 Å². The minimum absolute atomic E-state index is 0.0371. The number of aromatic nitrogens is 2. The van der Waals surface area contributed by atoms with Crippen molar-refractivity contribution in [3.05, 3.63) is 48.2 Å². The Hall–Kier alpha value is -2.08. The van der Waals surface area contributed by atoms with Gasteiger partial charge in [0.15, 0.2) is 5.16 Å². The van der Waals surface area contributed by atoms with E-state index in [1.807, 2.05) is 24.3 Å². The first-order valence-electron chi connectivity index (χ1n) is 9.33. The van der Waals surface area contributed by atoms with Crippen LogP contribution in [0.25, 0.3) is 0 Å². The Balaban J connectivity index is 1.37. The number of hydrogen-bond acceptors (Lipinski definition) is 5. The van der Waals surface area contributed by atoms with E-state index >= 15 is 0 Å². The smallest absolute Gasteiger partial charge is 0.230 e. The lowest BCUT2D eigenvalue weighted by Gasteiger charge is -2.27. The molecule has 0 aliphatic carbocycles. The normalized spacial score (nSPS) is 14.2. The van der Waals surface area contributed by atoms with Crippen LogP contribution >= 0.6 is 11.8 Å². The van der Waals surface area contributed by atoms with E-state index in [0.29, 0.717) is 17.5 Å². The molecule has 0 spiro atoms. The van der Waals surface area contributed by atoms with Crippen LogP contribution in [0.15, 0.2) is 47.8 Å². The summed E-state index contributed by atoms with van der Waals surface area (Å²) in [5.74, 6) is 1.37. The van der Waals surface area contributed by atoms with Crippen molar-refractivity contribution in [2.75, 3.05) is 30.3 Å². The van der Waals surface area contributed by atoms with Crippen molar-refractivity contribution in [3.63, 3.8) is 0 Å². The molecule has 1 N–H and O–H groups in total. The molecule has 2 aromatic rings. The van der Waals surface area contributed by atoms with Gasteiger partial charge < -0.3 is 10.2 Å². The molecule has 2 heterocycles. The van der Waals surface area contributed by atoms with E-state index in [2.05, 4.69) is 32.3 Å². The average molecular weight is 371 g/mol. The standard InChI is InChI=1S/C20H26N4OS/c25-19(21-12-7-10-17-8-3-1-4-9-17)16-26-20-22-13-11-18(23-20)24-14-5-2-6-15-24/h1,3-4,8-9,11,13H,2,5-7,10,12,14-16H2,(H,21,25). The van der Waals surface area contributed by atoms with E-state index in [4.69, 9.17) is 0 Å². The van der Waals surface area contributed by atoms with Gasteiger partial charge in [0.1, 0.15) is 5.82 Å². The first kappa shape index (κ1) is 18.7. The van der Waals surface area contributed by atoms with E-state index in [1.54, 1.807) is 6.20 Å². The van der Waals surface area contributed by atoms with Crippen molar-refractivity contribution in [2.45, 2.75) is 37.3 Å². The van der Waals surface area contributed by atoms with Gasteiger partial charge in [-0.3, -0.25) is 4.79 Å². The molecule has 0 unspecified atom stereocenters. The molecule has 26 heavy (non-hydrogen) atoms. The lowest BCUT2D eigenvalue weighted by molar-refractivity contribution is -0.118. The molecular weight excluding hydrogens is 344 g/mol. The molecule has 0 bridgehead atoms. The van der Waals surface area contributed by atoms with Gasteiger partial charge in [0.25, 0.3) is 0 Å². The second-order valence-electron chi connectivity index (χ2n) is 6.47. The van der Waals surface area contributed by atoms with Gasteiger partial charge in [-0.25, -0.2) is 9.97 Å². The third-order valence-corrected chi connectivity index (χ3v) is 5.30. The highest BCUT2D eigenvalue weighted by Gasteiger charge is 2.13. The average Bonchev–Trinajstić information content (AvgIpc) is 2.71. The second-order valence-corrected chi connectivity index (χ2v) is 7.42. The first-order chi connectivity index (χ1) is 12.8. The SMILES string of the molecule is O=C(CSc1nccc(N2CCCCC2)n1)NCCCc1ccccc1. The van der Waals surface area contributed by atoms with Crippen LogP contribution in [0.2, 0.25) is 0 Å². The van der Waals surface area contributed by atoms with E-state index in [0.717, 1.165) is 31.7 Å². The van der Waals surface area contributed by atoms with Crippen molar-refractivity contribution in [2.24, 2.45) is 0 Å². The minimum atomic E-state index is 0.0371. The lowest BCUT2D eigenvalue weighted by atomic mass is 10.1. The molecule has 0 atom stereocenters. The fourth-order valence-electron chi connectivity index (χ4n) is 3.05. The number of carbonyl (C=O) groups is 1. The monoisotopic (exact) mass is 370 g/mol. The fourth-order valence-corrected chi connectivity index (χ4v) is 3.70. The van der Waals surface area contributed by atoms with Gasteiger partial charge >= 0.3 is 0 Å². The highest BCUT2D eigenvalue weighted by molar-refractivity contribution is 7.99. The van der Waals surface area contributed by atoms with Crippen LogP contribution in [-0.4, -0.2) is 41.3 Å². The number of aryl methyl sites for hydroxylation is 1. The predicted molar refractivity (Wildman–Crippen MR) is 107 cm³/mol. The number of piperidine rings is 1. The quantitative estimate of drug-likeness (QED) is 0.439. The number of anilines is 1. The zero-order chi connectivity index (χ0) is 18.0. The number of carbonyl (C=O) groups excluding carboxylic acids is 1. The Bertz CT molecular complexity index is 689. The number of nitrogens with zero attached hydrogens (tertiary/aromatic N) is 3. The second kappa shape index (κ2) is 10.2. The van der Waals surface area contributed by atoms with Crippen molar-refractivity contribution in [1.29, 1.82) is 0 Å². The third-order valence-electron chi connectivity index (χ3n) is 4.44. The molecule has 138 valence electrons. The maximum absolute atomic E-state index is 12.0. The van der Waals surface area contributed by atoms with Gasteiger partial charge in [-0.15, -0.1) is 0 Å². The summed E-state index contributed by atoms with van der Waals surface area (Å²) in [7, 11) is 0. The number of benzene rings is 1. The number of rotatable bonds is 8. The Labute approximate surface area is 159 Å². The van der Waals surface area contributed by atoms with Crippen molar-refractivity contribution in [3.8, 4) is 0 Å². The predicted octanol–water partition coefficient (Wildman–Crippen LogP) is 3.31. The summed E-state index contributed by atoms with van der Waals surface area (Å²) < 4.78 is 0. The van der Waals surface area contributed by atoms with Gasteiger partial charge in [0.2, 0.25) is 5.91 Å². The van der Waals surface area contributed by atoms with E-state index in [1.165, 1.54) is 36.6 Å². The molecule has 1 aromatic heterocycles. The molecule has 1 amide bonds. The van der Waals surface area contributed by atoms with Crippen LogP contribution in [0.1, 0.15) is 31.2 Å². The molecule has 1 aromatic carbocycles. The van der Waals surface area contributed by atoms with Gasteiger partial charge in [-0.05, 0) is 43.7 Å². The van der Waals surface area contributed by atoms with Crippen molar-refractivity contribution < 1.29 is 4.79 Å². The molecule has 3 rings (SSSR count).